The second-order valence-electron chi connectivity index (χ2n) is 8.86. The average molecular weight is 445 g/mol. The van der Waals surface area contributed by atoms with E-state index in [-0.39, 0.29) is 18.6 Å². The van der Waals surface area contributed by atoms with Crippen LogP contribution in [0.1, 0.15) is 25.2 Å². The first-order valence-electron chi connectivity index (χ1n) is 11.4. The van der Waals surface area contributed by atoms with Gasteiger partial charge in [-0.25, -0.2) is 0 Å². The quantitative estimate of drug-likeness (QED) is 0.542. The third kappa shape index (κ3) is 8.39. The Hall–Kier alpha value is -2.19. The molecule has 1 N–H and O–H groups in total. The molecule has 7 heteroatoms. The van der Waals surface area contributed by atoms with Crippen molar-refractivity contribution in [2.24, 2.45) is 5.92 Å². The van der Waals surface area contributed by atoms with Gasteiger partial charge in [-0.3, -0.25) is 9.69 Å². The highest BCUT2D eigenvalue weighted by atomic mass is 16.5. The molecule has 1 aliphatic rings. The number of amides is 1. The first-order chi connectivity index (χ1) is 15.5. The van der Waals surface area contributed by atoms with Gasteiger partial charge < -0.3 is 23.9 Å². The van der Waals surface area contributed by atoms with Crippen molar-refractivity contribution in [2.75, 3.05) is 45.9 Å². The van der Waals surface area contributed by atoms with Gasteiger partial charge >= 0.3 is 0 Å². The zero-order valence-electron chi connectivity index (χ0n) is 19.2. The molecule has 0 unspecified atom stereocenters. The molecule has 32 heavy (non-hydrogen) atoms. The lowest BCUT2D eigenvalue weighted by Gasteiger charge is -2.37. The molecular weight excluding hydrogens is 408 g/mol. The third-order valence-electron chi connectivity index (χ3n) is 5.39. The van der Waals surface area contributed by atoms with Gasteiger partial charge in [0.15, 0.2) is 0 Å². The van der Waals surface area contributed by atoms with Crippen molar-refractivity contribution < 1.29 is 23.8 Å². The summed E-state index contributed by atoms with van der Waals surface area (Å²) in [5.74, 6) is 1.24. The van der Waals surface area contributed by atoms with E-state index >= 15 is 0 Å². The second-order valence-corrected chi connectivity index (χ2v) is 8.86. The highest BCUT2D eigenvalue weighted by Crippen LogP contribution is 2.12. The lowest BCUT2D eigenvalue weighted by atomic mass is 10.1. The molecule has 3 rings (SSSR count). The standard InChI is InChI=1S/C25H36N2O5/c1-20(2)14-27(25(29)13-21-7-4-3-5-8-21)17-24-16-26(10-12-32-24)15-22(28)18-30-19-23-9-6-11-31-23/h3-9,11,20,22,24,28H,10,12-19H2,1-2H3/t22-,24+/m0/s1. The maximum atomic E-state index is 13.0. The number of hydrogen-bond acceptors (Lipinski definition) is 6. The number of benzene rings is 1. The Kier molecular flexibility index (Phi) is 9.74. The topological polar surface area (TPSA) is 75.4 Å². The van der Waals surface area contributed by atoms with Gasteiger partial charge in [-0.15, -0.1) is 0 Å². The fourth-order valence-corrected chi connectivity index (χ4v) is 3.94. The van der Waals surface area contributed by atoms with Crippen molar-refractivity contribution in [1.29, 1.82) is 0 Å². The summed E-state index contributed by atoms with van der Waals surface area (Å²) < 4.78 is 16.8. The average Bonchev–Trinajstić information content (AvgIpc) is 3.27. The molecule has 1 aliphatic heterocycles. The summed E-state index contributed by atoms with van der Waals surface area (Å²) >= 11 is 0. The Morgan fingerprint density at radius 1 is 1.25 bits per heavy atom. The van der Waals surface area contributed by atoms with Crippen LogP contribution in [-0.2, 0) is 27.3 Å². The number of carbonyl (C=O) groups is 1. The predicted octanol–water partition coefficient (Wildman–Crippen LogP) is 2.59. The SMILES string of the molecule is CC(C)CN(C[C@H]1CN(C[C@H](O)COCc2ccco2)CCO1)C(=O)Cc1ccccc1. The summed E-state index contributed by atoms with van der Waals surface area (Å²) in [6.45, 7) is 8.65. The van der Waals surface area contributed by atoms with Crippen LogP contribution in [0.2, 0.25) is 0 Å². The maximum absolute atomic E-state index is 13.0. The van der Waals surface area contributed by atoms with Gasteiger partial charge in [0.1, 0.15) is 12.4 Å². The summed E-state index contributed by atoms with van der Waals surface area (Å²) in [6, 6.07) is 13.5. The number of hydrogen-bond donors (Lipinski definition) is 1. The van der Waals surface area contributed by atoms with E-state index in [4.69, 9.17) is 13.9 Å². The molecule has 1 fully saturated rings. The number of rotatable bonds is 12. The van der Waals surface area contributed by atoms with E-state index in [0.29, 0.717) is 51.7 Å². The van der Waals surface area contributed by atoms with Crippen molar-refractivity contribution in [2.45, 2.75) is 39.1 Å². The molecule has 2 heterocycles. The van der Waals surface area contributed by atoms with E-state index in [0.717, 1.165) is 17.9 Å². The van der Waals surface area contributed by atoms with Gasteiger partial charge in [0.05, 0.1) is 38.1 Å². The van der Waals surface area contributed by atoms with Crippen LogP contribution in [0.25, 0.3) is 0 Å². The van der Waals surface area contributed by atoms with Crippen molar-refractivity contribution in [1.82, 2.24) is 9.80 Å². The van der Waals surface area contributed by atoms with E-state index in [1.165, 1.54) is 0 Å². The Labute approximate surface area is 190 Å². The first-order valence-corrected chi connectivity index (χ1v) is 11.4. The Morgan fingerprint density at radius 2 is 2.06 bits per heavy atom. The number of ether oxygens (including phenoxy) is 2. The largest absolute Gasteiger partial charge is 0.467 e. The Bertz CT molecular complexity index is 781. The molecule has 1 aromatic carbocycles. The van der Waals surface area contributed by atoms with Crippen LogP contribution in [0, 0.1) is 5.92 Å². The van der Waals surface area contributed by atoms with Crippen LogP contribution in [0.4, 0.5) is 0 Å². The van der Waals surface area contributed by atoms with Crippen molar-refractivity contribution >= 4 is 5.91 Å². The number of aliphatic hydroxyl groups is 1. The molecule has 1 amide bonds. The van der Waals surface area contributed by atoms with Crippen LogP contribution in [0.15, 0.2) is 53.1 Å². The molecule has 1 aromatic heterocycles. The summed E-state index contributed by atoms with van der Waals surface area (Å²) in [7, 11) is 0. The molecule has 2 aromatic rings. The second kappa shape index (κ2) is 12.7. The number of furan rings is 1. The van der Waals surface area contributed by atoms with Crippen molar-refractivity contribution in [3.63, 3.8) is 0 Å². The number of β-amino-alcohol motifs (C(OH)–C–C–N with tert-alkyl or cyclic N) is 1. The van der Waals surface area contributed by atoms with Gasteiger partial charge in [-0.2, -0.15) is 0 Å². The molecule has 0 radical (unpaired) electrons. The molecule has 0 aliphatic carbocycles. The number of carbonyl (C=O) groups excluding carboxylic acids is 1. The maximum Gasteiger partial charge on any atom is 0.227 e. The van der Waals surface area contributed by atoms with Gasteiger partial charge in [-0.1, -0.05) is 44.2 Å². The minimum atomic E-state index is -0.588. The smallest absolute Gasteiger partial charge is 0.227 e. The molecule has 7 nitrogen and oxygen atoms in total. The molecule has 1 saturated heterocycles. The predicted molar refractivity (Wildman–Crippen MR) is 122 cm³/mol. The lowest BCUT2D eigenvalue weighted by molar-refractivity contribution is -0.135. The summed E-state index contributed by atoms with van der Waals surface area (Å²) in [6.07, 6.45) is 1.35. The number of morpholine rings is 1. The highest BCUT2D eigenvalue weighted by molar-refractivity contribution is 5.78. The summed E-state index contributed by atoms with van der Waals surface area (Å²) in [5, 5.41) is 10.4. The Balaban J connectivity index is 1.46. The normalized spacial score (nSPS) is 18.1. The minimum absolute atomic E-state index is 0.0709. The van der Waals surface area contributed by atoms with Gasteiger partial charge in [0.25, 0.3) is 0 Å². The van der Waals surface area contributed by atoms with E-state index in [2.05, 4.69) is 18.7 Å². The summed E-state index contributed by atoms with van der Waals surface area (Å²) in [5.41, 5.74) is 1.02. The van der Waals surface area contributed by atoms with Crippen LogP contribution >= 0.6 is 0 Å². The van der Waals surface area contributed by atoms with Gasteiger partial charge in [0, 0.05) is 32.7 Å². The zero-order chi connectivity index (χ0) is 22.8. The molecule has 0 spiro atoms. The fourth-order valence-electron chi connectivity index (χ4n) is 3.94. The molecule has 0 saturated carbocycles. The number of aliphatic hydroxyl groups excluding tert-OH is 1. The third-order valence-corrected chi connectivity index (χ3v) is 5.39. The van der Waals surface area contributed by atoms with E-state index in [9.17, 15) is 9.90 Å². The van der Waals surface area contributed by atoms with Crippen LogP contribution in [0.3, 0.4) is 0 Å². The minimum Gasteiger partial charge on any atom is -0.467 e. The highest BCUT2D eigenvalue weighted by Gasteiger charge is 2.26. The van der Waals surface area contributed by atoms with Crippen LogP contribution < -0.4 is 0 Å². The first kappa shape index (κ1) is 24.5. The van der Waals surface area contributed by atoms with Crippen LogP contribution in [-0.4, -0.2) is 79.0 Å². The lowest BCUT2D eigenvalue weighted by Crippen LogP contribution is -2.51. The summed E-state index contributed by atoms with van der Waals surface area (Å²) in [4.78, 5) is 17.1. The van der Waals surface area contributed by atoms with Crippen molar-refractivity contribution in [3.05, 3.63) is 60.1 Å². The number of nitrogens with zero attached hydrogens (tertiary/aromatic N) is 2. The molecule has 2 atom stereocenters. The van der Waals surface area contributed by atoms with E-state index in [1.807, 2.05) is 47.4 Å². The van der Waals surface area contributed by atoms with Crippen LogP contribution in [0.5, 0.6) is 0 Å². The zero-order valence-corrected chi connectivity index (χ0v) is 19.2. The van der Waals surface area contributed by atoms with Gasteiger partial charge in [0.2, 0.25) is 5.91 Å². The monoisotopic (exact) mass is 444 g/mol. The van der Waals surface area contributed by atoms with Gasteiger partial charge in [-0.05, 0) is 23.6 Å². The molecule has 0 bridgehead atoms. The Morgan fingerprint density at radius 3 is 2.78 bits per heavy atom. The van der Waals surface area contributed by atoms with Crippen molar-refractivity contribution in [3.8, 4) is 0 Å². The van der Waals surface area contributed by atoms with E-state index < -0.39 is 6.10 Å². The fraction of sp³-hybridized carbons (Fsp3) is 0.560. The molecular formula is C25H36N2O5. The molecule has 176 valence electrons. The van der Waals surface area contributed by atoms with E-state index in [1.54, 1.807) is 6.26 Å².